The minimum atomic E-state index is -1.73. The summed E-state index contributed by atoms with van der Waals surface area (Å²) in [5, 5.41) is 9.60. The molecule has 4 aromatic rings. The van der Waals surface area contributed by atoms with Gasteiger partial charge in [0, 0.05) is 28.9 Å². The second kappa shape index (κ2) is 10.2. The lowest BCUT2D eigenvalue weighted by molar-refractivity contribution is 0.304. The first-order valence-electron chi connectivity index (χ1n) is 13.0. The molecule has 0 aliphatic heterocycles. The molecule has 2 aromatic heterocycles. The molecule has 0 saturated heterocycles. The highest BCUT2D eigenvalue weighted by Crippen LogP contribution is 2.47. The van der Waals surface area contributed by atoms with Gasteiger partial charge in [-0.2, -0.15) is 9.18 Å². The molecule has 2 aromatic carbocycles. The van der Waals surface area contributed by atoms with Crippen molar-refractivity contribution < 1.29 is 31.9 Å². The van der Waals surface area contributed by atoms with Gasteiger partial charge < -0.3 is 14.8 Å². The fourth-order valence-electron chi connectivity index (χ4n) is 5.72. The molecule has 0 bridgehead atoms. The third-order valence-electron chi connectivity index (χ3n) is 7.85. The van der Waals surface area contributed by atoms with E-state index in [1.165, 1.54) is 11.6 Å². The number of nitrogens with zero attached hydrogens (tertiary/aromatic N) is 2. The summed E-state index contributed by atoms with van der Waals surface area (Å²) < 4.78 is 78.3. The Hall–Kier alpha value is -4.34. The van der Waals surface area contributed by atoms with Crippen LogP contribution >= 0.6 is 0 Å². The largest absolute Gasteiger partial charge is 0.515 e. The molecule has 0 fully saturated rings. The number of hydrogen-bond donors (Lipinski definition) is 2. The summed E-state index contributed by atoms with van der Waals surface area (Å²) in [5.74, 6) is -6.55. The van der Waals surface area contributed by atoms with Crippen LogP contribution in [0.4, 0.5) is 22.0 Å². The summed E-state index contributed by atoms with van der Waals surface area (Å²) in [6, 6.07) is 4.26. The van der Waals surface area contributed by atoms with Crippen molar-refractivity contribution in [1.82, 2.24) is 14.8 Å². The zero-order valence-corrected chi connectivity index (χ0v) is 22.8. The number of imidazole rings is 1. The lowest BCUT2D eigenvalue weighted by Gasteiger charge is -2.40. The molecule has 0 radical (unpaired) electrons. The Morgan fingerprint density at radius 2 is 1.85 bits per heavy atom. The van der Waals surface area contributed by atoms with Gasteiger partial charge in [-0.1, -0.05) is 49.1 Å². The van der Waals surface area contributed by atoms with E-state index in [0.29, 0.717) is 17.7 Å². The molecular formula is C31H28F5N3O2. The van der Waals surface area contributed by atoms with Crippen LogP contribution in [0.15, 0.2) is 72.3 Å². The van der Waals surface area contributed by atoms with Crippen LogP contribution in [-0.2, 0) is 5.41 Å². The first-order chi connectivity index (χ1) is 19.4. The average Bonchev–Trinajstić information content (AvgIpc) is 3.57. The highest BCUT2D eigenvalue weighted by molar-refractivity contribution is 5.83. The minimum absolute atomic E-state index is 0.0704. The molecular weight excluding hydrogens is 541 g/mol. The quantitative estimate of drug-likeness (QED) is 0.143. The second-order valence-corrected chi connectivity index (χ2v) is 10.9. The van der Waals surface area contributed by atoms with Crippen LogP contribution in [0.3, 0.4) is 0 Å². The van der Waals surface area contributed by atoms with Gasteiger partial charge in [0.25, 0.3) is 0 Å². The van der Waals surface area contributed by atoms with Crippen molar-refractivity contribution in [3.05, 3.63) is 101 Å². The number of aromatic amines is 1. The van der Waals surface area contributed by atoms with Gasteiger partial charge in [-0.3, -0.25) is 0 Å². The van der Waals surface area contributed by atoms with Gasteiger partial charge in [-0.25, -0.2) is 18.2 Å². The maximum absolute atomic E-state index is 15.0. The van der Waals surface area contributed by atoms with E-state index in [9.17, 15) is 22.8 Å². The average molecular weight is 570 g/mol. The van der Waals surface area contributed by atoms with Gasteiger partial charge in [0.15, 0.2) is 11.6 Å². The lowest BCUT2D eigenvalue weighted by Crippen LogP contribution is -2.33. The molecule has 0 spiro atoms. The molecule has 5 rings (SSSR count). The predicted octanol–water partition coefficient (Wildman–Crippen LogP) is 9.13. The summed E-state index contributed by atoms with van der Waals surface area (Å²) in [6.45, 7) is 8.27. The van der Waals surface area contributed by atoms with Crippen molar-refractivity contribution in [2.45, 2.75) is 46.0 Å². The van der Waals surface area contributed by atoms with Crippen LogP contribution in [0.25, 0.3) is 22.3 Å². The number of H-pyrrole nitrogens is 1. The van der Waals surface area contributed by atoms with Crippen LogP contribution in [0, 0.1) is 28.7 Å². The Balaban J connectivity index is 1.53. The van der Waals surface area contributed by atoms with E-state index in [4.69, 9.17) is 4.74 Å². The molecule has 1 aliphatic carbocycles. The van der Waals surface area contributed by atoms with Crippen LogP contribution < -0.4 is 4.74 Å². The Morgan fingerprint density at radius 1 is 1.10 bits per heavy atom. The Kier molecular flexibility index (Phi) is 7.05. The number of aromatic nitrogens is 3. The second-order valence-electron chi connectivity index (χ2n) is 10.9. The molecule has 0 unspecified atom stereocenters. The summed E-state index contributed by atoms with van der Waals surface area (Å²) in [7, 11) is 0. The molecule has 5 nitrogen and oxygen atoms in total. The molecule has 1 aliphatic rings. The van der Waals surface area contributed by atoms with Crippen LogP contribution in [-0.4, -0.2) is 19.9 Å². The molecule has 10 heteroatoms. The van der Waals surface area contributed by atoms with Gasteiger partial charge in [-0.15, -0.1) is 0 Å². The van der Waals surface area contributed by atoms with E-state index in [0.717, 1.165) is 37.1 Å². The minimum Gasteiger partial charge on any atom is -0.515 e. The first-order valence-corrected chi connectivity index (χ1v) is 13.0. The summed E-state index contributed by atoms with van der Waals surface area (Å²) >= 11 is 0. The zero-order valence-electron chi connectivity index (χ0n) is 22.8. The fraction of sp³-hybridized carbons (Fsp3) is 0.258. The molecule has 2 heterocycles. The summed E-state index contributed by atoms with van der Waals surface area (Å²) in [6.07, 6.45) is 10.5. The van der Waals surface area contributed by atoms with E-state index in [1.807, 2.05) is 25.2 Å². The fourth-order valence-corrected chi connectivity index (χ4v) is 5.72. The van der Waals surface area contributed by atoms with Gasteiger partial charge in [0.1, 0.15) is 22.9 Å². The van der Waals surface area contributed by atoms with Crippen LogP contribution in [0.2, 0.25) is 0 Å². The highest BCUT2D eigenvalue weighted by Gasteiger charge is 2.40. The standard InChI is InChI=1S/C31H28F5N3O2/c1-5-17-7-6-8-18(15-40)31(4,16-30(17,2)3)23-14-37-29(38-23)21-13-19(9-10-22(21)32)41-28-24(33)20-11-12-39(36)27(20)25(34)26(28)35/h6-15,40H,5,16H2,1-4H3,(H,37,38)/b8-6-,17-7-,18-15-/t31-/m0/s1. The number of fused-ring (bicyclic) bond motifs is 1. The number of aliphatic hydroxyl groups excluding tert-OH is 1. The Labute approximate surface area is 233 Å². The number of hydrogen-bond acceptors (Lipinski definition) is 3. The van der Waals surface area contributed by atoms with Crippen LogP contribution in [0.1, 0.15) is 46.2 Å². The molecule has 214 valence electrons. The van der Waals surface area contributed by atoms with Crippen molar-refractivity contribution in [3.8, 4) is 22.9 Å². The van der Waals surface area contributed by atoms with Gasteiger partial charge in [-0.05, 0) is 55.0 Å². The SMILES string of the molecule is CC/C1=C/C=C\C(=C\O)[C@@](C)(c2cnc(-c3cc(Oc4c(F)c(F)c5c(ccn5F)c4F)ccc3F)[nH]2)CC1(C)C. The number of ether oxygens (including phenoxy) is 1. The molecule has 0 amide bonds. The zero-order chi connectivity index (χ0) is 29.7. The van der Waals surface area contributed by atoms with Crippen molar-refractivity contribution >= 4 is 10.9 Å². The van der Waals surface area contributed by atoms with Crippen molar-refractivity contribution in [1.29, 1.82) is 0 Å². The normalized spacial score (nSPS) is 21.9. The van der Waals surface area contributed by atoms with Crippen molar-refractivity contribution in [2.75, 3.05) is 0 Å². The number of aliphatic hydroxyl groups is 1. The van der Waals surface area contributed by atoms with Crippen LogP contribution in [0.5, 0.6) is 11.5 Å². The van der Waals surface area contributed by atoms with Gasteiger partial charge in [0.05, 0.1) is 11.8 Å². The molecule has 2 N–H and O–H groups in total. The Bertz CT molecular complexity index is 1750. The highest BCUT2D eigenvalue weighted by atomic mass is 19.2. The number of halogens is 5. The van der Waals surface area contributed by atoms with Crippen molar-refractivity contribution in [2.24, 2.45) is 5.41 Å². The Morgan fingerprint density at radius 3 is 2.56 bits per heavy atom. The maximum atomic E-state index is 15.0. The third kappa shape index (κ3) is 4.71. The number of nitrogens with one attached hydrogen (secondary N) is 1. The van der Waals surface area contributed by atoms with E-state index < -0.39 is 45.3 Å². The van der Waals surface area contributed by atoms with Gasteiger partial charge >= 0.3 is 0 Å². The number of rotatable bonds is 5. The molecule has 0 saturated carbocycles. The van der Waals surface area contributed by atoms with Crippen molar-refractivity contribution in [3.63, 3.8) is 0 Å². The number of benzene rings is 2. The monoisotopic (exact) mass is 569 g/mol. The first kappa shape index (κ1) is 28.2. The van der Waals surface area contributed by atoms with Gasteiger partial charge in [0.2, 0.25) is 11.6 Å². The smallest absolute Gasteiger partial charge is 0.206 e. The number of allylic oxidation sites excluding steroid dienone is 5. The van der Waals surface area contributed by atoms with E-state index in [1.54, 1.807) is 6.20 Å². The lowest BCUT2D eigenvalue weighted by atomic mass is 9.64. The summed E-state index contributed by atoms with van der Waals surface area (Å²) in [4.78, 5) is 7.29. The van der Waals surface area contributed by atoms with E-state index >= 15 is 4.39 Å². The third-order valence-corrected chi connectivity index (χ3v) is 7.85. The topological polar surface area (TPSA) is 63.1 Å². The summed E-state index contributed by atoms with van der Waals surface area (Å²) in [5.41, 5.74) is 0.493. The predicted molar refractivity (Wildman–Crippen MR) is 146 cm³/mol. The van der Waals surface area contributed by atoms with E-state index in [-0.39, 0.29) is 27.3 Å². The molecule has 1 atom stereocenters. The van der Waals surface area contributed by atoms with E-state index in [2.05, 4.69) is 30.7 Å². The molecule has 41 heavy (non-hydrogen) atoms. The maximum Gasteiger partial charge on any atom is 0.206 e.